The van der Waals surface area contributed by atoms with Crippen molar-refractivity contribution in [2.45, 2.75) is 57.6 Å². The van der Waals surface area contributed by atoms with Crippen LogP contribution in [0.5, 0.6) is 0 Å². The summed E-state index contributed by atoms with van der Waals surface area (Å²) in [6.07, 6.45) is 1.00. The first-order valence-corrected chi connectivity index (χ1v) is 9.19. The largest absolute Gasteiger partial charge is 0.351 e. The van der Waals surface area contributed by atoms with Gasteiger partial charge in [0.25, 0.3) is 0 Å². The number of rotatable bonds is 6. The molecule has 0 saturated heterocycles. The van der Waals surface area contributed by atoms with Crippen LogP contribution < -0.4 is 5.32 Å². The molecule has 1 aromatic heterocycles. The Morgan fingerprint density at radius 1 is 1.29 bits per heavy atom. The van der Waals surface area contributed by atoms with Crippen LogP contribution in [0.25, 0.3) is 11.4 Å². The molecule has 1 heterocycles. The second kappa shape index (κ2) is 7.83. The highest BCUT2D eigenvalue weighted by atomic mass is 32.2. The predicted molar refractivity (Wildman–Crippen MR) is 97.8 cm³/mol. The summed E-state index contributed by atoms with van der Waals surface area (Å²) in [5.74, 6) is 1.64. The van der Waals surface area contributed by atoms with Crippen LogP contribution in [0.15, 0.2) is 28.8 Å². The first-order chi connectivity index (χ1) is 11.3. The summed E-state index contributed by atoms with van der Waals surface area (Å²) in [5.41, 5.74) is 1.98. The molecule has 0 bridgehead atoms. The molecule has 0 radical (unpaired) electrons. The van der Waals surface area contributed by atoms with Crippen LogP contribution >= 0.6 is 11.8 Å². The summed E-state index contributed by atoms with van der Waals surface area (Å²) in [7, 11) is 0. The van der Waals surface area contributed by atoms with E-state index in [2.05, 4.69) is 34.5 Å². The van der Waals surface area contributed by atoms with Gasteiger partial charge in [0, 0.05) is 11.1 Å². The lowest BCUT2D eigenvalue weighted by Crippen LogP contribution is -2.44. The van der Waals surface area contributed by atoms with Gasteiger partial charge in [-0.05, 0) is 39.7 Å². The maximum Gasteiger partial charge on any atom is 0.236 e. The first kappa shape index (κ1) is 18.5. The fourth-order valence-electron chi connectivity index (χ4n) is 2.06. The molecular weight excluding hydrogens is 322 g/mol. The number of nitrogens with zero attached hydrogens (tertiary/aromatic N) is 2. The molecule has 2 aromatic rings. The quantitative estimate of drug-likeness (QED) is 0.860. The molecule has 0 aliphatic heterocycles. The summed E-state index contributed by atoms with van der Waals surface area (Å²) >= 11 is 1.48. The van der Waals surface area contributed by atoms with Gasteiger partial charge in [0.05, 0.1) is 11.0 Å². The van der Waals surface area contributed by atoms with E-state index in [1.54, 1.807) is 0 Å². The third-order valence-corrected chi connectivity index (χ3v) is 4.54. The molecule has 0 aliphatic rings. The van der Waals surface area contributed by atoms with E-state index in [1.165, 1.54) is 17.3 Å². The third-order valence-electron chi connectivity index (χ3n) is 3.41. The molecule has 2 rings (SSSR count). The van der Waals surface area contributed by atoms with Gasteiger partial charge in [0.15, 0.2) is 0 Å². The summed E-state index contributed by atoms with van der Waals surface area (Å²) in [6.45, 7) is 9.91. The van der Waals surface area contributed by atoms with Crippen molar-refractivity contribution in [2.75, 3.05) is 0 Å². The summed E-state index contributed by atoms with van der Waals surface area (Å²) in [5, 5.41) is 6.82. The van der Waals surface area contributed by atoms with Crippen LogP contribution in [0, 0.1) is 0 Å². The Kier molecular flexibility index (Phi) is 6.04. The number of aromatic nitrogens is 2. The smallest absolute Gasteiger partial charge is 0.236 e. The Bertz CT molecular complexity index is 674. The van der Waals surface area contributed by atoms with Gasteiger partial charge in [-0.1, -0.05) is 36.3 Å². The fourth-order valence-corrected chi connectivity index (χ4v) is 2.78. The lowest BCUT2D eigenvalue weighted by atomic mass is 10.1. The molecule has 0 aliphatic carbocycles. The van der Waals surface area contributed by atoms with Crippen LogP contribution in [0.1, 0.15) is 46.1 Å². The molecule has 24 heavy (non-hydrogen) atoms. The second-order valence-electron chi connectivity index (χ2n) is 6.75. The maximum atomic E-state index is 12.1. The van der Waals surface area contributed by atoms with Crippen molar-refractivity contribution < 1.29 is 9.32 Å². The summed E-state index contributed by atoms with van der Waals surface area (Å²) < 4.78 is 5.29. The molecule has 1 unspecified atom stereocenters. The van der Waals surface area contributed by atoms with Crippen LogP contribution in [0.2, 0.25) is 0 Å². The third kappa shape index (κ3) is 5.37. The maximum absolute atomic E-state index is 12.1. The second-order valence-corrected chi connectivity index (χ2v) is 8.08. The molecule has 0 fully saturated rings. The molecule has 1 aromatic carbocycles. The average molecular weight is 347 g/mol. The van der Waals surface area contributed by atoms with E-state index in [0.717, 1.165) is 12.0 Å². The molecule has 1 amide bonds. The van der Waals surface area contributed by atoms with Crippen molar-refractivity contribution in [3.63, 3.8) is 0 Å². The van der Waals surface area contributed by atoms with Crippen molar-refractivity contribution in [1.29, 1.82) is 0 Å². The Morgan fingerprint density at radius 3 is 2.54 bits per heavy atom. The monoisotopic (exact) mass is 347 g/mol. The zero-order valence-electron chi connectivity index (χ0n) is 14.9. The van der Waals surface area contributed by atoms with E-state index in [4.69, 9.17) is 4.52 Å². The normalized spacial score (nSPS) is 12.9. The Balaban J connectivity index is 1.92. The van der Waals surface area contributed by atoms with Gasteiger partial charge < -0.3 is 9.84 Å². The van der Waals surface area contributed by atoms with Gasteiger partial charge >= 0.3 is 0 Å². The van der Waals surface area contributed by atoms with Gasteiger partial charge in [-0.3, -0.25) is 4.79 Å². The number of carbonyl (C=O) groups excluding carboxylic acids is 1. The number of hydrogen-bond donors (Lipinski definition) is 1. The van der Waals surface area contributed by atoms with Gasteiger partial charge in [-0.25, -0.2) is 0 Å². The highest BCUT2D eigenvalue weighted by Gasteiger charge is 2.20. The highest BCUT2D eigenvalue weighted by Crippen LogP contribution is 2.21. The van der Waals surface area contributed by atoms with E-state index in [9.17, 15) is 4.79 Å². The van der Waals surface area contributed by atoms with Crippen LogP contribution in [-0.2, 0) is 17.0 Å². The molecule has 1 N–H and O–H groups in total. The van der Waals surface area contributed by atoms with Crippen molar-refractivity contribution in [3.05, 3.63) is 35.7 Å². The number of nitrogens with one attached hydrogen (secondary N) is 1. The molecule has 0 saturated carbocycles. The number of benzene rings is 1. The van der Waals surface area contributed by atoms with Gasteiger partial charge in [-0.15, -0.1) is 11.8 Å². The van der Waals surface area contributed by atoms with Crippen molar-refractivity contribution in [3.8, 4) is 11.4 Å². The van der Waals surface area contributed by atoms with E-state index in [0.29, 0.717) is 17.5 Å². The SMILES string of the molecule is CCc1ccc(-c2noc(CSC(C)C(=O)NC(C)(C)C)n2)cc1. The van der Waals surface area contributed by atoms with Gasteiger partial charge in [0.1, 0.15) is 0 Å². The summed E-state index contributed by atoms with van der Waals surface area (Å²) in [4.78, 5) is 16.5. The number of amides is 1. The minimum absolute atomic E-state index is 0.0161. The fraction of sp³-hybridized carbons (Fsp3) is 0.500. The van der Waals surface area contributed by atoms with Crippen LogP contribution in [0.4, 0.5) is 0 Å². The standard InChI is InChI=1S/C18H25N3O2S/c1-6-13-7-9-14(10-8-13)16-19-15(23-21-16)11-24-12(2)17(22)20-18(3,4)5/h7-10,12H,6,11H2,1-5H3,(H,20,22). The molecule has 5 nitrogen and oxygen atoms in total. The number of carbonyl (C=O) groups is 1. The van der Waals surface area contributed by atoms with Crippen molar-refractivity contribution in [2.24, 2.45) is 0 Å². The van der Waals surface area contributed by atoms with Gasteiger partial charge in [-0.2, -0.15) is 4.98 Å². The molecular formula is C18H25N3O2S. The Labute approximate surface area is 147 Å². The predicted octanol–water partition coefficient (Wildman–Crippen LogP) is 3.84. The Hall–Kier alpha value is -1.82. The number of aryl methyl sites for hydroxylation is 1. The molecule has 0 spiro atoms. The lowest BCUT2D eigenvalue weighted by molar-refractivity contribution is -0.121. The van der Waals surface area contributed by atoms with Crippen molar-refractivity contribution >= 4 is 17.7 Å². The summed E-state index contributed by atoms with van der Waals surface area (Å²) in [6, 6.07) is 8.14. The van der Waals surface area contributed by atoms with Gasteiger partial charge in [0.2, 0.25) is 17.6 Å². The zero-order valence-corrected chi connectivity index (χ0v) is 15.7. The Morgan fingerprint density at radius 2 is 1.96 bits per heavy atom. The first-order valence-electron chi connectivity index (χ1n) is 8.14. The van der Waals surface area contributed by atoms with Crippen LogP contribution in [-0.4, -0.2) is 26.8 Å². The minimum Gasteiger partial charge on any atom is -0.351 e. The number of hydrogen-bond acceptors (Lipinski definition) is 5. The highest BCUT2D eigenvalue weighted by molar-refractivity contribution is 7.99. The molecule has 1 atom stereocenters. The minimum atomic E-state index is -0.228. The van der Waals surface area contributed by atoms with E-state index >= 15 is 0 Å². The number of thioether (sulfide) groups is 1. The zero-order chi connectivity index (χ0) is 17.7. The van der Waals surface area contributed by atoms with E-state index < -0.39 is 0 Å². The van der Waals surface area contributed by atoms with E-state index in [1.807, 2.05) is 39.8 Å². The average Bonchev–Trinajstić information content (AvgIpc) is 3.00. The van der Waals surface area contributed by atoms with Crippen molar-refractivity contribution in [1.82, 2.24) is 15.5 Å². The topological polar surface area (TPSA) is 68.0 Å². The molecule has 130 valence electrons. The lowest BCUT2D eigenvalue weighted by Gasteiger charge is -2.22. The van der Waals surface area contributed by atoms with E-state index in [-0.39, 0.29) is 16.7 Å². The van der Waals surface area contributed by atoms with Crippen LogP contribution in [0.3, 0.4) is 0 Å². The molecule has 6 heteroatoms.